The Hall–Kier alpha value is -3.00. The van der Waals surface area contributed by atoms with E-state index in [0.29, 0.717) is 0 Å². The fourth-order valence-corrected chi connectivity index (χ4v) is 2.91. The quantitative estimate of drug-likeness (QED) is 0.465. The van der Waals surface area contributed by atoms with E-state index < -0.39 is 0 Å². The van der Waals surface area contributed by atoms with Crippen LogP contribution < -0.4 is 0 Å². The van der Waals surface area contributed by atoms with Gasteiger partial charge in [-0.05, 0) is 6.08 Å². The van der Waals surface area contributed by atoms with Crippen molar-refractivity contribution in [2.45, 2.75) is 0 Å². The van der Waals surface area contributed by atoms with Crippen LogP contribution in [-0.2, 0) is 0 Å². The molecule has 0 aliphatic carbocycles. The number of fused-ring (bicyclic) bond motifs is 1. The first-order chi connectivity index (χ1) is 11.6. The third kappa shape index (κ3) is 2.79. The molecule has 2 rings (SSSR count). The van der Waals surface area contributed by atoms with Gasteiger partial charge in [-0.1, -0.05) is 99.0 Å². The molecule has 117 valence electrons. The van der Waals surface area contributed by atoms with Gasteiger partial charge in [0.15, 0.2) is 7.28 Å². The zero-order valence-electron chi connectivity index (χ0n) is 14.0. The average molecular weight is 310 g/mol. The maximum atomic E-state index is 4.26. The Morgan fingerprint density at radius 3 is 2.00 bits per heavy atom. The fraction of sp³-hybridized carbons (Fsp3) is 0. The number of nitrogens with zero attached hydrogens (tertiary/aromatic N) is 1. The van der Waals surface area contributed by atoms with Gasteiger partial charge in [-0.3, -0.25) is 0 Å². The molecule has 0 N–H and O–H groups in total. The summed E-state index contributed by atoms with van der Waals surface area (Å²) in [6, 6.07) is 0. The standard InChI is InChI=1S/C22H21BN/c1-7-12-15-18-17(10-4)22-20(14-9-3)23-19(13-8-2)16(6)24(22)21(18)11-5/h7-15H,1-6H2/b15-12-,19-13+,20-14+. The molecule has 1 aliphatic heterocycles. The van der Waals surface area contributed by atoms with Gasteiger partial charge in [0.2, 0.25) is 0 Å². The minimum Gasteiger partial charge on any atom is -0.311 e. The summed E-state index contributed by atoms with van der Waals surface area (Å²) < 4.78 is 2.11. The first-order valence-electron chi connectivity index (χ1n) is 7.67. The van der Waals surface area contributed by atoms with E-state index >= 15 is 0 Å². The van der Waals surface area contributed by atoms with Crippen molar-refractivity contribution < 1.29 is 0 Å². The summed E-state index contributed by atoms with van der Waals surface area (Å²) in [6.45, 7) is 23.6. The molecule has 1 nitrogen and oxygen atoms in total. The minimum absolute atomic E-state index is 0.877. The van der Waals surface area contributed by atoms with Crippen molar-refractivity contribution in [2.24, 2.45) is 0 Å². The monoisotopic (exact) mass is 310 g/mol. The Balaban J connectivity index is 2.94. The summed E-state index contributed by atoms with van der Waals surface area (Å²) in [6.07, 6.45) is 16.8. The Kier molecular flexibility index (Phi) is 5.44. The van der Waals surface area contributed by atoms with E-state index in [1.54, 1.807) is 18.2 Å². The van der Waals surface area contributed by atoms with Crippen LogP contribution in [-0.4, -0.2) is 11.8 Å². The maximum Gasteiger partial charge on any atom is 0.197 e. The van der Waals surface area contributed by atoms with Gasteiger partial charge >= 0.3 is 0 Å². The largest absolute Gasteiger partial charge is 0.311 e. The van der Waals surface area contributed by atoms with Gasteiger partial charge in [-0.25, -0.2) is 0 Å². The van der Waals surface area contributed by atoms with E-state index in [9.17, 15) is 0 Å². The van der Waals surface area contributed by atoms with E-state index in [0.717, 1.165) is 39.2 Å². The third-order valence-electron chi connectivity index (χ3n) is 3.86. The summed E-state index contributed by atoms with van der Waals surface area (Å²) in [7, 11) is 2.09. The highest BCUT2D eigenvalue weighted by Crippen LogP contribution is 2.39. The number of hydrogen-bond donors (Lipinski definition) is 0. The van der Waals surface area contributed by atoms with Crippen LogP contribution in [0.5, 0.6) is 0 Å². The number of rotatable bonds is 6. The molecule has 0 aromatic carbocycles. The van der Waals surface area contributed by atoms with Crippen molar-refractivity contribution >= 4 is 36.7 Å². The first-order valence-corrected chi connectivity index (χ1v) is 7.67. The van der Waals surface area contributed by atoms with Gasteiger partial charge in [0.1, 0.15) is 0 Å². The SMILES string of the molecule is C=C/C=C\c1c(C=C)c2n(c1C=C)C(=C)/C(=C\C=C)[B]/C2=C/C=C. The van der Waals surface area contributed by atoms with Crippen molar-refractivity contribution in [3.05, 3.63) is 104 Å². The van der Waals surface area contributed by atoms with Gasteiger partial charge in [0.05, 0.1) is 5.69 Å². The zero-order chi connectivity index (χ0) is 17.7. The van der Waals surface area contributed by atoms with Crippen molar-refractivity contribution in [3.8, 4) is 0 Å². The molecule has 0 amide bonds. The van der Waals surface area contributed by atoms with Crippen molar-refractivity contribution in [1.82, 2.24) is 4.57 Å². The summed E-state index contributed by atoms with van der Waals surface area (Å²) in [5.74, 6) is 0. The molecule has 1 aromatic rings. The molecule has 0 saturated carbocycles. The highest BCUT2D eigenvalue weighted by atomic mass is 15.0. The van der Waals surface area contributed by atoms with Crippen LogP contribution in [0.2, 0.25) is 0 Å². The van der Waals surface area contributed by atoms with Crippen LogP contribution in [0.1, 0.15) is 22.5 Å². The Morgan fingerprint density at radius 2 is 1.46 bits per heavy atom. The molecular weight excluding hydrogens is 289 g/mol. The molecule has 1 aromatic heterocycles. The molecule has 1 aliphatic rings. The van der Waals surface area contributed by atoms with Crippen LogP contribution in [0.4, 0.5) is 0 Å². The van der Waals surface area contributed by atoms with Crippen LogP contribution >= 0.6 is 0 Å². The Labute approximate surface area is 145 Å². The van der Waals surface area contributed by atoms with Crippen LogP contribution in [0.15, 0.2) is 81.4 Å². The molecule has 0 bridgehead atoms. The van der Waals surface area contributed by atoms with Crippen LogP contribution in [0, 0.1) is 0 Å². The molecule has 0 saturated heterocycles. The number of hydrogen-bond acceptors (Lipinski definition) is 0. The molecule has 0 unspecified atom stereocenters. The molecule has 0 atom stereocenters. The van der Waals surface area contributed by atoms with Gasteiger partial charge in [0.25, 0.3) is 0 Å². The second-order valence-electron chi connectivity index (χ2n) is 5.21. The van der Waals surface area contributed by atoms with Crippen LogP contribution in [0.3, 0.4) is 0 Å². The van der Waals surface area contributed by atoms with Crippen LogP contribution in [0.25, 0.3) is 29.4 Å². The molecule has 2 heterocycles. The van der Waals surface area contributed by atoms with E-state index in [1.807, 2.05) is 36.5 Å². The van der Waals surface area contributed by atoms with Crippen molar-refractivity contribution in [1.29, 1.82) is 0 Å². The van der Waals surface area contributed by atoms with E-state index in [-0.39, 0.29) is 0 Å². The Morgan fingerprint density at radius 1 is 0.792 bits per heavy atom. The molecule has 0 fully saturated rings. The molecule has 0 spiro atoms. The predicted octanol–water partition coefficient (Wildman–Crippen LogP) is 5.76. The average Bonchev–Trinajstić information content (AvgIpc) is 2.91. The smallest absolute Gasteiger partial charge is 0.197 e. The predicted molar refractivity (Wildman–Crippen MR) is 111 cm³/mol. The van der Waals surface area contributed by atoms with E-state index in [1.165, 1.54) is 0 Å². The van der Waals surface area contributed by atoms with Gasteiger partial charge in [0, 0.05) is 22.5 Å². The topological polar surface area (TPSA) is 4.93 Å². The second-order valence-corrected chi connectivity index (χ2v) is 5.21. The maximum absolute atomic E-state index is 4.26. The lowest BCUT2D eigenvalue weighted by molar-refractivity contribution is 1.07. The fourth-order valence-electron chi connectivity index (χ4n) is 2.91. The number of allylic oxidation sites excluding steroid dienone is 8. The lowest BCUT2D eigenvalue weighted by Crippen LogP contribution is -2.18. The summed E-state index contributed by atoms with van der Waals surface area (Å²) >= 11 is 0. The highest BCUT2D eigenvalue weighted by Gasteiger charge is 2.28. The highest BCUT2D eigenvalue weighted by molar-refractivity contribution is 6.71. The summed E-state index contributed by atoms with van der Waals surface area (Å²) in [5, 5.41) is 0. The number of aromatic nitrogens is 1. The zero-order valence-corrected chi connectivity index (χ0v) is 14.0. The van der Waals surface area contributed by atoms with Gasteiger partial charge in [-0.15, -0.1) is 0 Å². The summed E-state index contributed by atoms with van der Waals surface area (Å²) in [5.41, 5.74) is 7.00. The molecule has 24 heavy (non-hydrogen) atoms. The normalized spacial score (nSPS) is 16.8. The molecule has 2 heteroatoms. The molecule has 1 radical (unpaired) electrons. The molecular formula is C22H21BN. The van der Waals surface area contributed by atoms with E-state index in [2.05, 4.69) is 51.3 Å². The minimum atomic E-state index is 0.877. The van der Waals surface area contributed by atoms with Gasteiger partial charge < -0.3 is 4.57 Å². The Bertz CT molecular complexity index is 838. The summed E-state index contributed by atoms with van der Waals surface area (Å²) in [4.78, 5) is 0. The van der Waals surface area contributed by atoms with Crippen molar-refractivity contribution in [3.63, 3.8) is 0 Å². The van der Waals surface area contributed by atoms with E-state index in [4.69, 9.17) is 0 Å². The van der Waals surface area contributed by atoms with Crippen molar-refractivity contribution in [2.75, 3.05) is 0 Å². The first kappa shape index (κ1) is 17.4. The lowest BCUT2D eigenvalue weighted by atomic mass is 9.57. The lowest BCUT2D eigenvalue weighted by Gasteiger charge is -2.25. The third-order valence-corrected chi connectivity index (χ3v) is 3.86. The van der Waals surface area contributed by atoms with Gasteiger partial charge in [-0.2, -0.15) is 0 Å². The second kappa shape index (κ2) is 7.52.